The Kier molecular flexibility index (Phi) is 7.76. The number of alkyl halides is 3. The summed E-state index contributed by atoms with van der Waals surface area (Å²) in [4.78, 5) is 12.1. The van der Waals surface area contributed by atoms with Crippen molar-refractivity contribution in [3.05, 3.63) is 64.2 Å². The summed E-state index contributed by atoms with van der Waals surface area (Å²) in [5.74, 6) is -0.385. The van der Waals surface area contributed by atoms with E-state index in [1.165, 1.54) is 16.4 Å². The van der Waals surface area contributed by atoms with Crippen LogP contribution < -0.4 is 9.62 Å². The average molecular weight is 463 g/mol. The van der Waals surface area contributed by atoms with E-state index in [4.69, 9.17) is 11.6 Å². The van der Waals surface area contributed by atoms with Crippen molar-refractivity contribution in [3.8, 4) is 0 Å². The highest BCUT2D eigenvalue weighted by molar-refractivity contribution is 7.92. The first-order chi connectivity index (χ1) is 13.9. The Hall–Kier alpha value is -2.26. The van der Waals surface area contributed by atoms with Gasteiger partial charge in [0.1, 0.15) is 0 Å². The van der Waals surface area contributed by atoms with E-state index in [1.807, 2.05) is 0 Å². The number of halogens is 4. The molecule has 0 aliphatic heterocycles. The Bertz CT molecular complexity index is 1010. The maximum atomic E-state index is 12.7. The molecular formula is C20H22ClF3N2O3S. The van der Waals surface area contributed by atoms with Crippen LogP contribution >= 0.6 is 11.6 Å². The number of amides is 1. The Morgan fingerprint density at radius 3 is 2.50 bits per heavy atom. The average Bonchev–Trinajstić information content (AvgIpc) is 2.64. The van der Waals surface area contributed by atoms with Crippen molar-refractivity contribution in [2.75, 3.05) is 17.1 Å². The van der Waals surface area contributed by atoms with Crippen molar-refractivity contribution in [2.24, 2.45) is 0 Å². The van der Waals surface area contributed by atoms with Crippen molar-refractivity contribution in [1.82, 2.24) is 5.32 Å². The van der Waals surface area contributed by atoms with Gasteiger partial charge in [0.15, 0.2) is 0 Å². The van der Waals surface area contributed by atoms with Gasteiger partial charge >= 0.3 is 6.18 Å². The van der Waals surface area contributed by atoms with Crippen LogP contribution in [0, 0.1) is 6.92 Å². The Balaban J connectivity index is 1.94. The lowest BCUT2D eigenvalue weighted by atomic mass is 10.1. The predicted octanol–water partition coefficient (Wildman–Crippen LogP) is 4.53. The zero-order valence-corrected chi connectivity index (χ0v) is 18.0. The molecule has 0 fully saturated rings. The number of carbonyl (C=O) groups is 1. The molecule has 2 rings (SSSR count). The highest BCUT2D eigenvalue weighted by Gasteiger charge is 2.30. The minimum Gasteiger partial charge on any atom is -0.352 e. The summed E-state index contributed by atoms with van der Waals surface area (Å²) < 4.78 is 63.8. The summed E-state index contributed by atoms with van der Waals surface area (Å²) in [6.07, 6.45) is -3.13. The number of carbonyl (C=O) groups excluding carboxylic acids is 1. The van der Waals surface area contributed by atoms with Crippen LogP contribution in [0.3, 0.4) is 0 Å². The molecule has 5 nitrogen and oxygen atoms in total. The van der Waals surface area contributed by atoms with Crippen LogP contribution in [0.5, 0.6) is 0 Å². The van der Waals surface area contributed by atoms with Gasteiger partial charge in [-0.2, -0.15) is 13.2 Å². The van der Waals surface area contributed by atoms with Crippen LogP contribution in [0.4, 0.5) is 18.9 Å². The summed E-state index contributed by atoms with van der Waals surface area (Å²) in [5, 5.41) is 2.95. The SMILES string of the molecule is Cc1ccc(Cl)cc1N(CCCC(=O)NCc1cccc(C(F)(F)F)c1)S(C)(=O)=O. The number of hydrogen-bond acceptors (Lipinski definition) is 3. The number of rotatable bonds is 8. The fourth-order valence-electron chi connectivity index (χ4n) is 2.85. The molecule has 0 saturated heterocycles. The van der Waals surface area contributed by atoms with Gasteiger partial charge in [0.05, 0.1) is 17.5 Å². The summed E-state index contributed by atoms with van der Waals surface area (Å²) in [5.41, 5.74) is 0.702. The number of aryl methyl sites for hydroxylation is 1. The molecule has 1 amide bonds. The molecular weight excluding hydrogens is 441 g/mol. The van der Waals surface area contributed by atoms with Crippen LogP contribution in [0.25, 0.3) is 0 Å². The van der Waals surface area contributed by atoms with Gasteiger partial charge < -0.3 is 5.32 Å². The molecule has 30 heavy (non-hydrogen) atoms. The van der Waals surface area contributed by atoms with E-state index < -0.39 is 21.8 Å². The third kappa shape index (κ3) is 6.91. The molecule has 0 unspecified atom stereocenters. The van der Waals surface area contributed by atoms with Crippen LogP contribution in [0.15, 0.2) is 42.5 Å². The molecule has 0 saturated carbocycles. The van der Waals surface area contributed by atoms with Gasteiger partial charge in [-0.3, -0.25) is 9.10 Å². The smallest absolute Gasteiger partial charge is 0.352 e. The second kappa shape index (κ2) is 9.70. The van der Waals surface area contributed by atoms with E-state index >= 15 is 0 Å². The van der Waals surface area contributed by atoms with E-state index in [0.717, 1.165) is 24.0 Å². The first-order valence-electron chi connectivity index (χ1n) is 9.04. The zero-order valence-electron chi connectivity index (χ0n) is 16.5. The standard InChI is InChI=1S/C20H22ClF3N2O3S/c1-14-8-9-17(21)12-18(14)26(30(2,28)29)10-4-7-19(27)25-13-15-5-3-6-16(11-15)20(22,23)24/h3,5-6,8-9,11-12H,4,7,10,13H2,1-2H3,(H,25,27). The Morgan fingerprint density at radius 2 is 1.87 bits per heavy atom. The molecule has 0 spiro atoms. The summed E-state index contributed by atoms with van der Waals surface area (Å²) >= 11 is 5.98. The maximum absolute atomic E-state index is 12.7. The third-order valence-electron chi connectivity index (χ3n) is 4.35. The summed E-state index contributed by atoms with van der Waals surface area (Å²) in [7, 11) is -3.59. The van der Waals surface area contributed by atoms with E-state index in [-0.39, 0.29) is 31.8 Å². The number of benzene rings is 2. The quantitative estimate of drug-likeness (QED) is 0.626. The lowest BCUT2D eigenvalue weighted by molar-refractivity contribution is -0.137. The second-order valence-electron chi connectivity index (χ2n) is 6.84. The molecule has 0 aromatic heterocycles. The van der Waals surface area contributed by atoms with E-state index in [0.29, 0.717) is 16.3 Å². The minimum atomic E-state index is -4.45. The monoisotopic (exact) mass is 462 g/mol. The third-order valence-corrected chi connectivity index (χ3v) is 5.76. The number of hydrogen-bond donors (Lipinski definition) is 1. The lowest BCUT2D eigenvalue weighted by Crippen LogP contribution is -2.32. The number of nitrogens with one attached hydrogen (secondary N) is 1. The van der Waals surface area contributed by atoms with Crippen molar-refractivity contribution < 1.29 is 26.4 Å². The van der Waals surface area contributed by atoms with Gasteiger partial charge in [-0.1, -0.05) is 29.8 Å². The van der Waals surface area contributed by atoms with Crippen LogP contribution in [0.2, 0.25) is 5.02 Å². The molecule has 0 aliphatic carbocycles. The van der Waals surface area contributed by atoms with Gasteiger partial charge in [0.25, 0.3) is 0 Å². The molecule has 2 aromatic rings. The van der Waals surface area contributed by atoms with Gasteiger partial charge in [0.2, 0.25) is 15.9 Å². The van der Waals surface area contributed by atoms with Gasteiger partial charge in [-0.05, 0) is 48.7 Å². The fraction of sp³-hybridized carbons (Fsp3) is 0.350. The molecule has 10 heteroatoms. The molecule has 0 aliphatic rings. The molecule has 0 radical (unpaired) electrons. The highest BCUT2D eigenvalue weighted by Crippen LogP contribution is 2.29. The maximum Gasteiger partial charge on any atom is 0.416 e. The van der Waals surface area contributed by atoms with E-state index in [2.05, 4.69) is 5.32 Å². The van der Waals surface area contributed by atoms with Crippen LogP contribution in [-0.4, -0.2) is 27.1 Å². The molecule has 1 N–H and O–H groups in total. The molecule has 2 aromatic carbocycles. The topological polar surface area (TPSA) is 66.5 Å². The van der Waals surface area contributed by atoms with Gasteiger partial charge in [0, 0.05) is 24.5 Å². The number of anilines is 1. The minimum absolute atomic E-state index is 0.0184. The van der Waals surface area contributed by atoms with Crippen molar-refractivity contribution in [3.63, 3.8) is 0 Å². The van der Waals surface area contributed by atoms with E-state index in [1.54, 1.807) is 25.1 Å². The predicted molar refractivity (Wildman–Crippen MR) is 111 cm³/mol. The molecule has 0 heterocycles. The summed E-state index contributed by atoms with van der Waals surface area (Å²) in [6.45, 7) is 1.77. The number of nitrogens with zero attached hydrogens (tertiary/aromatic N) is 1. The highest BCUT2D eigenvalue weighted by atomic mass is 35.5. The van der Waals surface area contributed by atoms with Crippen molar-refractivity contribution >= 4 is 33.2 Å². The van der Waals surface area contributed by atoms with E-state index in [9.17, 15) is 26.4 Å². The van der Waals surface area contributed by atoms with Gasteiger partial charge in [-0.15, -0.1) is 0 Å². The van der Waals surface area contributed by atoms with Crippen LogP contribution in [-0.2, 0) is 27.5 Å². The van der Waals surface area contributed by atoms with Crippen molar-refractivity contribution in [2.45, 2.75) is 32.5 Å². The largest absolute Gasteiger partial charge is 0.416 e. The van der Waals surface area contributed by atoms with Crippen molar-refractivity contribution in [1.29, 1.82) is 0 Å². The summed E-state index contributed by atoms with van der Waals surface area (Å²) in [6, 6.07) is 9.62. The zero-order chi connectivity index (χ0) is 22.5. The normalized spacial score (nSPS) is 11.9. The molecule has 164 valence electrons. The van der Waals surface area contributed by atoms with Crippen LogP contribution in [0.1, 0.15) is 29.5 Å². The molecule has 0 bridgehead atoms. The fourth-order valence-corrected chi connectivity index (χ4v) is 4.03. The first-order valence-corrected chi connectivity index (χ1v) is 11.3. The molecule has 0 atom stereocenters. The lowest BCUT2D eigenvalue weighted by Gasteiger charge is -2.24. The van der Waals surface area contributed by atoms with Gasteiger partial charge in [-0.25, -0.2) is 8.42 Å². The first kappa shape index (κ1) is 24.0. The number of sulfonamides is 1. The Labute approximate surface area is 178 Å². The Morgan fingerprint density at radius 1 is 1.17 bits per heavy atom. The second-order valence-corrected chi connectivity index (χ2v) is 9.19.